The van der Waals surface area contributed by atoms with Crippen LogP contribution < -0.4 is 16.0 Å². The average Bonchev–Trinajstić information content (AvgIpc) is 2.84. The summed E-state index contributed by atoms with van der Waals surface area (Å²) in [5.41, 5.74) is 1.25. The minimum atomic E-state index is -0.562. The van der Waals surface area contributed by atoms with Crippen molar-refractivity contribution in [3.63, 3.8) is 0 Å². The van der Waals surface area contributed by atoms with Crippen molar-refractivity contribution in [3.8, 4) is 11.3 Å². The van der Waals surface area contributed by atoms with E-state index in [1.807, 2.05) is 6.07 Å². The Labute approximate surface area is 209 Å². The first-order valence-electron chi connectivity index (χ1n) is 11.8. The van der Waals surface area contributed by atoms with Gasteiger partial charge in [0.2, 0.25) is 0 Å². The standard InChI is InChI=1S/C24H29Cl2N5O3/c25-17-2-3-20(28-12-15-4-8-34-24(11-15)5-1-6-24)30-22(17)16-10-21(29-13-18(16)26)31-23(32)19-14-27-7-9-33-19/h2-3,10,13,15,19,27H,1,4-9,11-12,14H2,(H,28,30)(H,29,31,32)/t15-,19+/m0/s1. The molecule has 3 aliphatic rings. The molecular formula is C24H29Cl2N5O3. The van der Waals surface area contributed by atoms with Crippen LogP contribution in [0.25, 0.3) is 11.3 Å². The maximum Gasteiger partial charge on any atom is 0.255 e. The Bertz CT molecular complexity index is 1040. The second-order valence-electron chi connectivity index (χ2n) is 9.25. The Kier molecular flexibility index (Phi) is 7.22. The molecule has 182 valence electrons. The van der Waals surface area contributed by atoms with E-state index in [1.165, 1.54) is 25.5 Å². The Balaban J connectivity index is 1.28. The number of morpholine rings is 1. The number of aromatic nitrogens is 2. The first-order chi connectivity index (χ1) is 16.5. The molecule has 34 heavy (non-hydrogen) atoms. The van der Waals surface area contributed by atoms with Crippen molar-refractivity contribution in [1.29, 1.82) is 0 Å². The molecule has 3 fully saturated rings. The van der Waals surface area contributed by atoms with Crippen LogP contribution in [0.2, 0.25) is 10.0 Å². The van der Waals surface area contributed by atoms with Crippen molar-refractivity contribution >= 4 is 40.7 Å². The molecule has 2 aliphatic heterocycles. The SMILES string of the molecule is O=C(Nc1cc(-c2nc(NC[C@H]3CCOC4(CCC4)C3)ccc2Cl)c(Cl)cn1)[C@H]1CNCCO1. The van der Waals surface area contributed by atoms with Crippen LogP contribution in [0.4, 0.5) is 11.6 Å². The van der Waals surface area contributed by atoms with Gasteiger partial charge in [-0.15, -0.1) is 0 Å². The van der Waals surface area contributed by atoms with Gasteiger partial charge in [-0.2, -0.15) is 0 Å². The first-order valence-corrected chi connectivity index (χ1v) is 12.6. The van der Waals surface area contributed by atoms with Crippen molar-refractivity contribution in [2.45, 2.75) is 43.8 Å². The molecule has 2 saturated heterocycles. The number of rotatable bonds is 6. The number of pyridine rings is 2. The van der Waals surface area contributed by atoms with Crippen LogP contribution in [0.15, 0.2) is 24.4 Å². The van der Waals surface area contributed by atoms with Gasteiger partial charge in [-0.3, -0.25) is 4.79 Å². The normalized spacial score (nSPS) is 23.8. The van der Waals surface area contributed by atoms with Gasteiger partial charge in [-0.25, -0.2) is 9.97 Å². The zero-order valence-corrected chi connectivity index (χ0v) is 20.4. The number of hydrogen-bond acceptors (Lipinski definition) is 7. The minimum absolute atomic E-state index is 0.118. The molecule has 0 aromatic carbocycles. The highest BCUT2D eigenvalue weighted by molar-refractivity contribution is 6.36. The molecule has 3 N–H and O–H groups in total. The molecule has 8 nitrogen and oxygen atoms in total. The van der Waals surface area contributed by atoms with Gasteiger partial charge >= 0.3 is 0 Å². The van der Waals surface area contributed by atoms with Crippen LogP contribution in [-0.4, -0.2) is 60.4 Å². The van der Waals surface area contributed by atoms with Gasteiger partial charge in [0.05, 0.1) is 27.9 Å². The summed E-state index contributed by atoms with van der Waals surface area (Å²) < 4.78 is 11.6. The Morgan fingerprint density at radius 1 is 1.21 bits per heavy atom. The fourth-order valence-electron chi connectivity index (χ4n) is 4.83. The van der Waals surface area contributed by atoms with Gasteiger partial charge in [0.25, 0.3) is 5.91 Å². The van der Waals surface area contributed by atoms with Gasteiger partial charge in [0.1, 0.15) is 17.7 Å². The molecule has 0 unspecified atom stereocenters. The summed E-state index contributed by atoms with van der Waals surface area (Å²) in [6.45, 7) is 3.35. The van der Waals surface area contributed by atoms with E-state index in [9.17, 15) is 4.79 Å². The Morgan fingerprint density at radius 2 is 2.09 bits per heavy atom. The number of carbonyl (C=O) groups is 1. The van der Waals surface area contributed by atoms with Gasteiger partial charge < -0.3 is 25.4 Å². The molecule has 0 bridgehead atoms. The highest BCUT2D eigenvalue weighted by Gasteiger charge is 2.42. The number of nitrogens with zero attached hydrogens (tertiary/aromatic N) is 2. The van der Waals surface area contributed by atoms with Gasteiger partial charge in [-0.05, 0) is 56.2 Å². The second-order valence-corrected chi connectivity index (χ2v) is 10.1. The lowest BCUT2D eigenvalue weighted by molar-refractivity contribution is -0.141. The topological polar surface area (TPSA) is 97.4 Å². The van der Waals surface area contributed by atoms with E-state index in [1.54, 1.807) is 12.1 Å². The number of hydrogen-bond donors (Lipinski definition) is 3. The molecule has 1 spiro atoms. The first kappa shape index (κ1) is 23.8. The quantitative estimate of drug-likeness (QED) is 0.542. The van der Waals surface area contributed by atoms with Crippen LogP contribution >= 0.6 is 23.2 Å². The maximum atomic E-state index is 12.5. The van der Waals surface area contributed by atoms with Gasteiger partial charge in [0, 0.05) is 38.0 Å². The van der Waals surface area contributed by atoms with Crippen molar-refractivity contribution in [2.24, 2.45) is 5.92 Å². The number of amides is 1. The summed E-state index contributed by atoms with van der Waals surface area (Å²) in [6.07, 6.45) is 6.69. The third-order valence-electron chi connectivity index (χ3n) is 6.86. The van der Waals surface area contributed by atoms with Crippen molar-refractivity contribution in [3.05, 3.63) is 34.4 Å². The highest BCUT2D eigenvalue weighted by atomic mass is 35.5. The molecule has 2 aromatic rings. The Hall–Kier alpha value is -1.97. The van der Waals surface area contributed by atoms with Crippen LogP contribution in [0.3, 0.4) is 0 Å². The van der Waals surface area contributed by atoms with E-state index in [-0.39, 0.29) is 11.5 Å². The molecule has 1 amide bonds. The zero-order valence-electron chi connectivity index (χ0n) is 18.9. The summed E-state index contributed by atoms with van der Waals surface area (Å²) in [7, 11) is 0. The average molecular weight is 506 g/mol. The van der Waals surface area contributed by atoms with Crippen LogP contribution in [0.5, 0.6) is 0 Å². The van der Waals surface area contributed by atoms with E-state index in [2.05, 4.69) is 20.9 Å². The largest absolute Gasteiger partial charge is 0.375 e. The van der Waals surface area contributed by atoms with Crippen LogP contribution in [0, 0.1) is 5.92 Å². The van der Waals surface area contributed by atoms with E-state index in [0.717, 1.165) is 38.4 Å². The maximum absolute atomic E-state index is 12.5. The summed E-state index contributed by atoms with van der Waals surface area (Å²) in [6, 6.07) is 5.36. The predicted molar refractivity (Wildman–Crippen MR) is 132 cm³/mol. The van der Waals surface area contributed by atoms with Crippen molar-refractivity contribution < 1.29 is 14.3 Å². The zero-order chi connectivity index (χ0) is 23.5. The summed E-state index contributed by atoms with van der Waals surface area (Å²) in [5, 5.41) is 10.3. The molecule has 5 rings (SSSR count). The molecule has 2 atom stereocenters. The number of halogens is 2. The summed E-state index contributed by atoms with van der Waals surface area (Å²) in [4.78, 5) is 21.5. The van der Waals surface area contributed by atoms with Crippen molar-refractivity contribution in [2.75, 3.05) is 43.5 Å². The lowest BCUT2D eigenvalue weighted by Gasteiger charge is -2.47. The van der Waals surface area contributed by atoms with E-state index >= 15 is 0 Å². The molecule has 0 radical (unpaired) electrons. The van der Waals surface area contributed by atoms with Crippen molar-refractivity contribution in [1.82, 2.24) is 15.3 Å². The molecule has 4 heterocycles. The minimum Gasteiger partial charge on any atom is -0.375 e. The summed E-state index contributed by atoms with van der Waals surface area (Å²) >= 11 is 12.9. The lowest BCUT2D eigenvalue weighted by Crippen LogP contribution is -2.46. The predicted octanol–water partition coefficient (Wildman–Crippen LogP) is 4.14. The molecule has 1 saturated carbocycles. The number of ether oxygens (including phenoxy) is 2. The van der Waals surface area contributed by atoms with Gasteiger partial charge in [-0.1, -0.05) is 23.2 Å². The Morgan fingerprint density at radius 3 is 2.85 bits per heavy atom. The molecule has 10 heteroatoms. The fourth-order valence-corrected chi connectivity index (χ4v) is 5.23. The monoisotopic (exact) mass is 505 g/mol. The van der Waals surface area contributed by atoms with Crippen LogP contribution in [-0.2, 0) is 14.3 Å². The third-order valence-corrected chi connectivity index (χ3v) is 7.47. The number of anilines is 2. The third kappa shape index (κ3) is 5.31. The highest BCUT2D eigenvalue weighted by Crippen LogP contribution is 2.44. The number of nitrogens with one attached hydrogen (secondary N) is 3. The fraction of sp³-hybridized carbons (Fsp3) is 0.542. The van der Waals surface area contributed by atoms with Crippen LogP contribution in [0.1, 0.15) is 32.1 Å². The van der Waals surface area contributed by atoms with Gasteiger partial charge in [0.15, 0.2) is 0 Å². The lowest BCUT2D eigenvalue weighted by atomic mass is 9.72. The summed E-state index contributed by atoms with van der Waals surface area (Å²) in [5.74, 6) is 1.39. The van der Waals surface area contributed by atoms with E-state index in [4.69, 9.17) is 37.7 Å². The smallest absolute Gasteiger partial charge is 0.255 e. The molecule has 1 aliphatic carbocycles. The second kappa shape index (κ2) is 10.3. The molecule has 2 aromatic heterocycles. The van der Waals surface area contributed by atoms with E-state index in [0.29, 0.717) is 46.2 Å². The van der Waals surface area contributed by atoms with E-state index < -0.39 is 6.10 Å². The molecular weight excluding hydrogens is 477 g/mol. The number of carbonyl (C=O) groups excluding carboxylic acids is 1.